The molecule has 2 atom stereocenters. The summed E-state index contributed by atoms with van der Waals surface area (Å²) in [5.74, 6) is 1.55. The van der Waals surface area contributed by atoms with E-state index in [9.17, 15) is 4.79 Å². The van der Waals surface area contributed by atoms with E-state index in [2.05, 4.69) is 15.3 Å². The van der Waals surface area contributed by atoms with E-state index in [1.165, 1.54) is 0 Å². The van der Waals surface area contributed by atoms with E-state index in [1.54, 1.807) is 12.5 Å². The minimum Gasteiger partial charge on any atom is -0.469 e. The second kappa shape index (κ2) is 6.12. The first-order chi connectivity index (χ1) is 11.3. The molecule has 6 heteroatoms. The molecule has 1 saturated heterocycles. The molecule has 1 aliphatic heterocycles. The van der Waals surface area contributed by atoms with E-state index < -0.39 is 0 Å². The third kappa shape index (κ3) is 2.99. The minimum atomic E-state index is 0.0610. The van der Waals surface area contributed by atoms with Gasteiger partial charge in [0.1, 0.15) is 5.76 Å². The molecule has 2 aliphatic rings. The Kier molecular flexibility index (Phi) is 3.83. The van der Waals surface area contributed by atoms with Crippen molar-refractivity contribution in [1.82, 2.24) is 9.97 Å². The predicted octanol–water partition coefficient (Wildman–Crippen LogP) is 2.57. The lowest BCUT2D eigenvalue weighted by Gasteiger charge is -2.21. The smallest absolute Gasteiger partial charge is 0.222 e. The number of hydrogen-bond donors (Lipinski definition) is 1. The lowest BCUT2D eigenvalue weighted by atomic mass is 9.85. The number of carbonyl (C=O) groups is 1. The van der Waals surface area contributed by atoms with Crippen LogP contribution in [0.3, 0.4) is 0 Å². The van der Waals surface area contributed by atoms with Crippen LogP contribution in [0, 0.1) is 0 Å². The quantitative estimate of drug-likeness (QED) is 0.935. The molecule has 0 spiro atoms. The fraction of sp³-hybridized carbons (Fsp3) is 0.471. The van der Waals surface area contributed by atoms with Crippen molar-refractivity contribution in [3.63, 3.8) is 0 Å². The van der Waals surface area contributed by atoms with Gasteiger partial charge in [0.05, 0.1) is 23.6 Å². The summed E-state index contributed by atoms with van der Waals surface area (Å²) in [6, 6.07) is 3.77. The molecule has 4 rings (SSSR count). The van der Waals surface area contributed by atoms with Crippen LogP contribution in [0.5, 0.6) is 0 Å². The highest BCUT2D eigenvalue weighted by Gasteiger charge is 2.29. The molecule has 1 N–H and O–H groups in total. The van der Waals surface area contributed by atoms with Crippen LogP contribution in [0.2, 0.25) is 0 Å². The largest absolute Gasteiger partial charge is 0.469 e. The number of nitrogens with one attached hydrogen (secondary N) is 1. The van der Waals surface area contributed by atoms with Crippen molar-refractivity contribution in [1.29, 1.82) is 0 Å². The number of anilines is 1. The summed E-state index contributed by atoms with van der Waals surface area (Å²) >= 11 is 0. The Balaban J connectivity index is 1.50. The van der Waals surface area contributed by atoms with Gasteiger partial charge in [-0.05, 0) is 25.0 Å². The van der Waals surface area contributed by atoms with Crippen LogP contribution in [-0.2, 0) is 11.2 Å². The van der Waals surface area contributed by atoms with Gasteiger partial charge < -0.3 is 14.5 Å². The molecule has 0 amide bonds. The Morgan fingerprint density at radius 2 is 2.30 bits per heavy atom. The van der Waals surface area contributed by atoms with E-state index in [0.29, 0.717) is 30.9 Å². The highest BCUT2D eigenvalue weighted by molar-refractivity contribution is 5.98. The van der Waals surface area contributed by atoms with Crippen LogP contribution in [0.15, 0.2) is 29.0 Å². The average molecular weight is 313 g/mol. The summed E-state index contributed by atoms with van der Waals surface area (Å²) in [6.07, 6.45) is 6.84. The van der Waals surface area contributed by atoms with Crippen molar-refractivity contribution in [3.8, 4) is 0 Å². The van der Waals surface area contributed by atoms with Gasteiger partial charge in [-0.1, -0.05) is 0 Å². The molecule has 2 aromatic heterocycles. The normalized spacial score (nSPS) is 23.7. The number of nitrogens with zero attached hydrogens (tertiary/aromatic N) is 2. The molecule has 2 aromatic rings. The van der Waals surface area contributed by atoms with Gasteiger partial charge in [0.25, 0.3) is 0 Å². The summed E-state index contributed by atoms with van der Waals surface area (Å²) in [5.41, 5.74) is 1.43. The van der Waals surface area contributed by atoms with E-state index in [-0.39, 0.29) is 17.8 Å². The zero-order chi connectivity index (χ0) is 15.6. The molecule has 1 fully saturated rings. The molecule has 0 bridgehead atoms. The summed E-state index contributed by atoms with van der Waals surface area (Å²) in [6.45, 7) is 1.53. The van der Waals surface area contributed by atoms with Crippen molar-refractivity contribution >= 4 is 11.7 Å². The number of rotatable bonds is 4. The van der Waals surface area contributed by atoms with Crippen molar-refractivity contribution in [2.45, 2.75) is 37.7 Å². The Morgan fingerprint density at radius 3 is 3.09 bits per heavy atom. The number of Topliss-reactive ketones (excluding diaryl/α,β-unsaturated/α-hetero) is 1. The van der Waals surface area contributed by atoms with Gasteiger partial charge in [-0.25, -0.2) is 9.97 Å². The third-order valence-electron chi connectivity index (χ3n) is 4.50. The number of carbonyl (C=O) groups excluding carboxylic acids is 1. The summed E-state index contributed by atoms with van der Waals surface area (Å²) < 4.78 is 11.0. The number of ether oxygens (including phenoxy) is 1. The highest BCUT2D eigenvalue weighted by atomic mass is 16.5. The predicted molar refractivity (Wildman–Crippen MR) is 83.6 cm³/mol. The molecule has 6 nitrogen and oxygen atoms in total. The van der Waals surface area contributed by atoms with Crippen LogP contribution < -0.4 is 5.32 Å². The van der Waals surface area contributed by atoms with Crippen LogP contribution in [0.25, 0.3) is 0 Å². The lowest BCUT2D eigenvalue weighted by Crippen LogP contribution is -2.23. The lowest BCUT2D eigenvalue weighted by molar-refractivity contribution is 0.0958. The molecule has 0 radical (unpaired) electrons. The average Bonchev–Trinajstić information content (AvgIpc) is 3.26. The van der Waals surface area contributed by atoms with Gasteiger partial charge in [0, 0.05) is 38.1 Å². The fourth-order valence-corrected chi connectivity index (χ4v) is 3.27. The second-order valence-corrected chi connectivity index (χ2v) is 6.11. The van der Waals surface area contributed by atoms with Crippen molar-refractivity contribution in [2.24, 2.45) is 0 Å². The number of ketones is 1. The number of furan rings is 1. The standard InChI is InChI=1S/C17H19N3O3/c21-15-8-11(16-4-2-6-23-16)7-14-13(15)10-19-17(20-14)18-9-12-3-1-5-22-12/h2,4,6,10-12H,1,3,5,7-9H2,(H,18,19,20)/t11-,12-/m0/s1. The molecule has 1 aliphatic carbocycles. The van der Waals surface area contributed by atoms with Crippen LogP contribution in [-0.4, -0.2) is 35.0 Å². The molecule has 23 heavy (non-hydrogen) atoms. The monoisotopic (exact) mass is 313 g/mol. The Bertz CT molecular complexity index is 693. The molecule has 3 heterocycles. The van der Waals surface area contributed by atoms with E-state index in [1.807, 2.05) is 12.1 Å². The first-order valence-electron chi connectivity index (χ1n) is 8.07. The molecule has 0 aromatic carbocycles. The number of aromatic nitrogens is 2. The first kappa shape index (κ1) is 14.4. The number of hydrogen-bond acceptors (Lipinski definition) is 6. The topological polar surface area (TPSA) is 77.2 Å². The Morgan fingerprint density at radius 1 is 1.35 bits per heavy atom. The van der Waals surface area contributed by atoms with Crippen LogP contribution in [0.1, 0.15) is 47.0 Å². The molecular weight excluding hydrogens is 294 g/mol. The van der Waals surface area contributed by atoms with Crippen LogP contribution >= 0.6 is 0 Å². The minimum absolute atomic E-state index is 0.0610. The van der Waals surface area contributed by atoms with Crippen molar-refractivity contribution in [3.05, 3.63) is 41.6 Å². The van der Waals surface area contributed by atoms with E-state index >= 15 is 0 Å². The van der Waals surface area contributed by atoms with Crippen molar-refractivity contribution < 1.29 is 13.9 Å². The summed E-state index contributed by atoms with van der Waals surface area (Å²) in [7, 11) is 0. The van der Waals surface area contributed by atoms with E-state index in [0.717, 1.165) is 30.9 Å². The van der Waals surface area contributed by atoms with Gasteiger partial charge in [0.2, 0.25) is 5.95 Å². The zero-order valence-corrected chi connectivity index (χ0v) is 12.8. The highest BCUT2D eigenvalue weighted by Crippen LogP contribution is 2.32. The maximum atomic E-state index is 12.3. The molecule has 0 saturated carbocycles. The van der Waals surface area contributed by atoms with Gasteiger partial charge in [-0.15, -0.1) is 0 Å². The Labute approximate surface area is 134 Å². The summed E-state index contributed by atoms with van der Waals surface area (Å²) in [5, 5.41) is 3.22. The van der Waals surface area contributed by atoms with Crippen LogP contribution in [0.4, 0.5) is 5.95 Å². The molecular formula is C17H19N3O3. The maximum Gasteiger partial charge on any atom is 0.222 e. The molecule has 120 valence electrons. The van der Waals surface area contributed by atoms with Gasteiger partial charge in [0.15, 0.2) is 5.78 Å². The summed E-state index contributed by atoms with van der Waals surface area (Å²) in [4.78, 5) is 21.1. The Hall–Kier alpha value is -2.21. The number of fused-ring (bicyclic) bond motifs is 1. The fourth-order valence-electron chi connectivity index (χ4n) is 3.27. The van der Waals surface area contributed by atoms with E-state index in [4.69, 9.17) is 9.15 Å². The maximum absolute atomic E-state index is 12.3. The second-order valence-electron chi connectivity index (χ2n) is 6.11. The van der Waals surface area contributed by atoms with Crippen molar-refractivity contribution in [2.75, 3.05) is 18.5 Å². The van der Waals surface area contributed by atoms with Gasteiger partial charge in [-0.3, -0.25) is 4.79 Å². The third-order valence-corrected chi connectivity index (χ3v) is 4.50. The first-order valence-corrected chi connectivity index (χ1v) is 8.07. The zero-order valence-electron chi connectivity index (χ0n) is 12.8. The molecule has 0 unspecified atom stereocenters. The SMILES string of the molecule is O=C1C[C@@H](c2ccco2)Cc2nc(NC[C@@H]3CCCO3)ncc21. The van der Waals surface area contributed by atoms with Gasteiger partial charge >= 0.3 is 0 Å². The van der Waals surface area contributed by atoms with Gasteiger partial charge in [-0.2, -0.15) is 0 Å².